The molecule has 0 saturated carbocycles. The van der Waals surface area contributed by atoms with Gasteiger partial charge in [-0.05, 0) is 68.6 Å². The van der Waals surface area contributed by atoms with Crippen molar-refractivity contribution in [3.63, 3.8) is 0 Å². The maximum atomic E-state index is 11.2. The number of rotatable bonds is 0. The lowest BCUT2D eigenvalue weighted by Gasteiger charge is -2.23. The Balaban J connectivity index is 4.11. The van der Waals surface area contributed by atoms with E-state index in [1.165, 1.54) is 0 Å². The van der Waals surface area contributed by atoms with Crippen LogP contribution in [0, 0.1) is 0 Å². The monoisotopic (exact) mass is 349 g/mol. The molecule has 0 unspecified atom stereocenters. The highest BCUT2D eigenvalue weighted by atomic mass is 80.0. The molecule has 0 aromatic carbocycles. The number of alkyl halides is 3. The summed E-state index contributed by atoms with van der Waals surface area (Å²) in [5, 5.41) is 2.78. The molecular weight excluding hydrogens is 342 g/mol. The molecule has 0 bridgehead atoms. The lowest BCUT2D eigenvalue weighted by Crippen LogP contribution is -2.45. The Morgan fingerprint density at radius 2 is 1.55 bits per heavy atom. The highest BCUT2D eigenvalue weighted by Crippen LogP contribution is 2.33. The molecule has 0 heterocycles. The highest BCUT2D eigenvalue weighted by molar-refractivity contribution is 9.40. The first kappa shape index (κ1) is 11.9. The molecule has 0 radical (unpaired) electrons. The Hall–Kier alpha value is 0.910. The predicted octanol–water partition coefficient (Wildman–Crippen LogP) is 2.74. The van der Waals surface area contributed by atoms with E-state index in [1.807, 2.05) is 20.8 Å². The van der Waals surface area contributed by atoms with Crippen LogP contribution in [0.5, 0.6) is 0 Å². The maximum Gasteiger partial charge on any atom is 0.259 e. The molecule has 0 aliphatic rings. The van der Waals surface area contributed by atoms with Crippen LogP contribution in [-0.2, 0) is 4.79 Å². The summed E-state index contributed by atoms with van der Waals surface area (Å²) in [6.45, 7) is 5.76. The van der Waals surface area contributed by atoms with Gasteiger partial charge < -0.3 is 5.32 Å². The van der Waals surface area contributed by atoms with Crippen molar-refractivity contribution in [2.45, 2.75) is 28.5 Å². The predicted molar refractivity (Wildman–Crippen MR) is 57.4 cm³/mol. The SMILES string of the molecule is CC(C)(C)NC(=O)C(Br)(Br)Br. The number of halogens is 3. The van der Waals surface area contributed by atoms with Gasteiger partial charge in [0.1, 0.15) is 0 Å². The lowest BCUT2D eigenvalue weighted by atomic mass is 10.1. The molecule has 0 saturated heterocycles. The molecule has 0 rings (SSSR count). The molecule has 0 atom stereocenters. The van der Waals surface area contributed by atoms with Gasteiger partial charge in [0.25, 0.3) is 5.91 Å². The van der Waals surface area contributed by atoms with E-state index in [0.717, 1.165) is 0 Å². The number of hydrogen-bond donors (Lipinski definition) is 1. The molecule has 66 valence electrons. The molecular formula is C6H10Br3NO. The van der Waals surface area contributed by atoms with Gasteiger partial charge in [-0.1, -0.05) is 0 Å². The summed E-state index contributed by atoms with van der Waals surface area (Å²) in [7, 11) is 0. The van der Waals surface area contributed by atoms with Crippen LogP contribution >= 0.6 is 47.8 Å². The van der Waals surface area contributed by atoms with Crippen molar-refractivity contribution in [1.82, 2.24) is 5.32 Å². The summed E-state index contributed by atoms with van der Waals surface area (Å²) in [6.07, 6.45) is 0. The van der Waals surface area contributed by atoms with Crippen LogP contribution < -0.4 is 5.32 Å². The van der Waals surface area contributed by atoms with Gasteiger partial charge in [0.05, 0.1) is 0 Å². The van der Waals surface area contributed by atoms with Crippen LogP contribution in [0.3, 0.4) is 0 Å². The Bertz CT molecular complexity index is 156. The second kappa shape index (κ2) is 3.75. The average Bonchev–Trinajstić information content (AvgIpc) is 1.56. The van der Waals surface area contributed by atoms with Crippen LogP contribution in [0.1, 0.15) is 20.8 Å². The summed E-state index contributed by atoms with van der Waals surface area (Å²) in [6, 6.07) is 0. The van der Waals surface area contributed by atoms with Crippen LogP contribution in [0.15, 0.2) is 0 Å². The fourth-order valence-corrected chi connectivity index (χ4v) is 0.709. The van der Waals surface area contributed by atoms with E-state index >= 15 is 0 Å². The molecule has 5 heteroatoms. The normalized spacial score (nSPS) is 12.9. The minimum atomic E-state index is -0.847. The largest absolute Gasteiger partial charge is 0.349 e. The van der Waals surface area contributed by atoms with Crippen LogP contribution in [0.25, 0.3) is 0 Å². The van der Waals surface area contributed by atoms with Gasteiger partial charge >= 0.3 is 0 Å². The molecule has 2 nitrogen and oxygen atoms in total. The zero-order chi connectivity index (χ0) is 9.28. The molecule has 1 amide bonds. The van der Waals surface area contributed by atoms with Crippen LogP contribution in [0.2, 0.25) is 0 Å². The number of nitrogens with one attached hydrogen (secondary N) is 1. The quantitative estimate of drug-likeness (QED) is 0.668. The standard InChI is InChI=1S/C6H10Br3NO/c1-5(2,3)10-4(11)6(7,8)9/h1-3H3,(H,10,11). The Morgan fingerprint density at radius 1 is 1.18 bits per heavy atom. The molecule has 0 aliphatic carbocycles. The third kappa shape index (κ3) is 6.11. The van der Waals surface area contributed by atoms with Crippen molar-refractivity contribution < 1.29 is 4.79 Å². The number of carbonyl (C=O) groups excluding carboxylic acids is 1. The second-order valence-corrected chi connectivity index (χ2v) is 9.96. The van der Waals surface area contributed by atoms with Gasteiger partial charge in [-0.3, -0.25) is 4.79 Å². The summed E-state index contributed by atoms with van der Waals surface area (Å²) in [4.78, 5) is 11.2. The van der Waals surface area contributed by atoms with Crippen molar-refractivity contribution in [2.75, 3.05) is 0 Å². The zero-order valence-electron chi connectivity index (χ0n) is 6.54. The van der Waals surface area contributed by atoms with Gasteiger partial charge in [0.2, 0.25) is 2.14 Å². The minimum Gasteiger partial charge on any atom is -0.349 e. The topological polar surface area (TPSA) is 29.1 Å². The van der Waals surface area contributed by atoms with E-state index in [1.54, 1.807) is 0 Å². The van der Waals surface area contributed by atoms with Crippen LogP contribution in [0.4, 0.5) is 0 Å². The van der Waals surface area contributed by atoms with Crippen molar-refractivity contribution in [1.29, 1.82) is 0 Å². The number of hydrogen-bond acceptors (Lipinski definition) is 1. The minimum absolute atomic E-state index is 0.148. The molecule has 1 N–H and O–H groups in total. The molecule has 11 heavy (non-hydrogen) atoms. The van der Waals surface area contributed by atoms with Gasteiger partial charge in [-0.2, -0.15) is 0 Å². The van der Waals surface area contributed by atoms with Crippen molar-refractivity contribution in [3.05, 3.63) is 0 Å². The lowest BCUT2D eigenvalue weighted by molar-refractivity contribution is -0.120. The molecule has 0 aromatic heterocycles. The maximum absolute atomic E-state index is 11.2. The van der Waals surface area contributed by atoms with Crippen molar-refractivity contribution >= 4 is 53.7 Å². The number of amides is 1. The summed E-state index contributed by atoms with van der Waals surface area (Å²) >= 11 is 9.35. The van der Waals surface area contributed by atoms with E-state index in [0.29, 0.717) is 0 Å². The smallest absolute Gasteiger partial charge is 0.259 e. The summed E-state index contributed by atoms with van der Waals surface area (Å²) in [5.41, 5.74) is -0.211. The van der Waals surface area contributed by atoms with E-state index in [4.69, 9.17) is 0 Å². The van der Waals surface area contributed by atoms with Crippen molar-refractivity contribution in [3.8, 4) is 0 Å². The van der Waals surface area contributed by atoms with E-state index in [2.05, 4.69) is 53.1 Å². The van der Waals surface area contributed by atoms with Crippen molar-refractivity contribution in [2.24, 2.45) is 0 Å². The van der Waals surface area contributed by atoms with Gasteiger partial charge in [0.15, 0.2) is 0 Å². The Morgan fingerprint density at radius 3 is 1.64 bits per heavy atom. The fraction of sp³-hybridized carbons (Fsp3) is 0.833. The third-order valence-electron chi connectivity index (χ3n) is 0.746. The van der Waals surface area contributed by atoms with E-state index < -0.39 is 2.14 Å². The zero-order valence-corrected chi connectivity index (χ0v) is 11.3. The fourth-order valence-electron chi connectivity index (χ4n) is 0.411. The molecule has 0 fully saturated rings. The first-order valence-electron chi connectivity index (χ1n) is 3.02. The first-order chi connectivity index (χ1) is 4.63. The van der Waals surface area contributed by atoms with E-state index in [-0.39, 0.29) is 11.4 Å². The van der Waals surface area contributed by atoms with Crippen LogP contribution in [-0.4, -0.2) is 13.6 Å². The summed E-state index contributed by atoms with van der Waals surface area (Å²) in [5.74, 6) is -0.148. The highest BCUT2D eigenvalue weighted by Gasteiger charge is 2.30. The Labute approximate surface area is 91.9 Å². The first-order valence-corrected chi connectivity index (χ1v) is 5.40. The average molecular weight is 352 g/mol. The van der Waals surface area contributed by atoms with Gasteiger partial charge in [0, 0.05) is 5.54 Å². The van der Waals surface area contributed by atoms with E-state index in [9.17, 15) is 4.79 Å². The molecule has 0 aromatic rings. The summed E-state index contributed by atoms with van der Waals surface area (Å²) < 4.78 is -0.847. The Kier molecular flexibility index (Phi) is 4.06. The molecule has 0 aliphatic heterocycles. The van der Waals surface area contributed by atoms with Gasteiger partial charge in [-0.15, -0.1) is 0 Å². The third-order valence-corrected chi connectivity index (χ3v) is 1.83. The second-order valence-electron chi connectivity index (χ2n) is 3.20. The number of carbonyl (C=O) groups is 1. The molecule has 0 spiro atoms. The van der Waals surface area contributed by atoms with Gasteiger partial charge in [-0.25, -0.2) is 0 Å².